The van der Waals surface area contributed by atoms with E-state index in [1.807, 2.05) is 18.2 Å². The molecule has 142 valence electrons. The first-order valence-electron chi connectivity index (χ1n) is 8.67. The second kappa shape index (κ2) is 8.69. The zero-order chi connectivity index (χ0) is 19.4. The van der Waals surface area contributed by atoms with Gasteiger partial charge in [0.05, 0.1) is 11.0 Å². The van der Waals surface area contributed by atoms with Crippen molar-refractivity contribution in [2.45, 2.75) is 18.9 Å². The van der Waals surface area contributed by atoms with E-state index in [0.29, 0.717) is 11.6 Å². The molecule has 1 fully saturated rings. The average molecular weight is 408 g/mol. The first-order chi connectivity index (χ1) is 13.0. The van der Waals surface area contributed by atoms with Crippen molar-refractivity contribution in [3.63, 3.8) is 0 Å². The van der Waals surface area contributed by atoms with Crippen LogP contribution in [0.3, 0.4) is 0 Å². The van der Waals surface area contributed by atoms with Gasteiger partial charge in [0.1, 0.15) is 5.56 Å². The van der Waals surface area contributed by atoms with Gasteiger partial charge in [0, 0.05) is 22.7 Å². The van der Waals surface area contributed by atoms with Crippen LogP contribution in [-0.2, 0) is 0 Å². The smallest absolute Gasteiger partial charge is 0.282 e. The standard InChI is InChI=1S/C19H19Cl2N3O3/c20-14-5-3-4-13(10-14)18(23-8-1-2-9-23)12-22-19(25)16-11-15(21)6-7-17(16)24(26)27/h3-7,10-11,18H,1-2,8-9,12H2,(H,22,25). The number of nitrogens with one attached hydrogen (secondary N) is 1. The monoisotopic (exact) mass is 407 g/mol. The number of nitrogens with zero attached hydrogens (tertiary/aromatic N) is 2. The molecule has 1 heterocycles. The van der Waals surface area contributed by atoms with Gasteiger partial charge in [-0.2, -0.15) is 0 Å². The molecule has 2 aromatic carbocycles. The lowest BCUT2D eigenvalue weighted by Crippen LogP contribution is -2.37. The van der Waals surface area contributed by atoms with Crippen LogP contribution in [0.5, 0.6) is 0 Å². The second-order valence-corrected chi connectivity index (χ2v) is 7.32. The van der Waals surface area contributed by atoms with E-state index in [9.17, 15) is 14.9 Å². The van der Waals surface area contributed by atoms with Crippen LogP contribution in [0.2, 0.25) is 10.0 Å². The number of nitro benzene ring substituents is 1. The number of carbonyl (C=O) groups excluding carboxylic acids is 1. The molecular weight excluding hydrogens is 389 g/mol. The Labute approximate surface area is 167 Å². The van der Waals surface area contributed by atoms with Crippen molar-refractivity contribution in [2.24, 2.45) is 0 Å². The maximum absolute atomic E-state index is 12.6. The van der Waals surface area contributed by atoms with Gasteiger partial charge in [-0.1, -0.05) is 35.3 Å². The van der Waals surface area contributed by atoms with Crippen molar-refractivity contribution in [1.29, 1.82) is 0 Å². The summed E-state index contributed by atoms with van der Waals surface area (Å²) in [7, 11) is 0. The Kier molecular flexibility index (Phi) is 6.31. The summed E-state index contributed by atoms with van der Waals surface area (Å²) in [5.74, 6) is -0.518. The van der Waals surface area contributed by atoms with Crippen LogP contribution in [0.1, 0.15) is 34.8 Å². The minimum Gasteiger partial charge on any atom is -0.350 e. The van der Waals surface area contributed by atoms with E-state index < -0.39 is 10.8 Å². The quantitative estimate of drug-likeness (QED) is 0.565. The molecule has 1 saturated heterocycles. The largest absolute Gasteiger partial charge is 0.350 e. The van der Waals surface area contributed by atoms with Crippen LogP contribution in [0.15, 0.2) is 42.5 Å². The lowest BCUT2D eigenvalue weighted by Gasteiger charge is -2.28. The van der Waals surface area contributed by atoms with E-state index in [2.05, 4.69) is 10.2 Å². The van der Waals surface area contributed by atoms with Crippen LogP contribution in [0.4, 0.5) is 5.69 Å². The number of hydrogen-bond donors (Lipinski definition) is 1. The summed E-state index contributed by atoms with van der Waals surface area (Å²) >= 11 is 12.1. The Hall–Kier alpha value is -2.15. The zero-order valence-corrected chi connectivity index (χ0v) is 16.0. The zero-order valence-electron chi connectivity index (χ0n) is 14.5. The molecule has 0 aliphatic carbocycles. The van der Waals surface area contributed by atoms with Gasteiger partial charge in [-0.25, -0.2) is 0 Å². The maximum Gasteiger partial charge on any atom is 0.282 e. The third kappa shape index (κ3) is 4.77. The molecule has 3 rings (SSSR count). The number of nitro groups is 1. The molecule has 0 aromatic heterocycles. The fraction of sp³-hybridized carbons (Fsp3) is 0.316. The average Bonchev–Trinajstić information content (AvgIpc) is 3.16. The fourth-order valence-electron chi connectivity index (χ4n) is 3.36. The molecule has 1 aliphatic rings. The van der Waals surface area contributed by atoms with E-state index in [4.69, 9.17) is 23.2 Å². The molecule has 0 bridgehead atoms. The predicted octanol–water partition coefficient (Wildman–Crippen LogP) is 4.47. The van der Waals surface area contributed by atoms with Gasteiger partial charge < -0.3 is 5.32 Å². The van der Waals surface area contributed by atoms with Crippen LogP contribution >= 0.6 is 23.2 Å². The summed E-state index contributed by atoms with van der Waals surface area (Å²) in [5, 5.41) is 14.9. The minimum atomic E-state index is -0.583. The van der Waals surface area contributed by atoms with Gasteiger partial charge in [0.25, 0.3) is 11.6 Å². The molecule has 1 N–H and O–H groups in total. The fourth-order valence-corrected chi connectivity index (χ4v) is 3.73. The summed E-state index contributed by atoms with van der Waals surface area (Å²) in [5.41, 5.74) is 0.696. The molecule has 27 heavy (non-hydrogen) atoms. The molecule has 0 radical (unpaired) electrons. The van der Waals surface area contributed by atoms with Crippen molar-refractivity contribution in [2.75, 3.05) is 19.6 Å². The molecule has 0 saturated carbocycles. The van der Waals surface area contributed by atoms with E-state index in [0.717, 1.165) is 31.5 Å². The van der Waals surface area contributed by atoms with Crippen molar-refractivity contribution in [1.82, 2.24) is 10.2 Å². The first-order valence-corrected chi connectivity index (χ1v) is 9.43. The van der Waals surface area contributed by atoms with E-state index in [-0.39, 0.29) is 22.3 Å². The van der Waals surface area contributed by atoms with E-state index >= 15 is 0 Å². The van der Waals surface area contributed by atoms with Crippen molar-refractivity contribution in [3.8, 4) is 0 Å². The topological polar surface area (TPSA) is 75.5 Å². The normalized spacial score (nSPS) is 15.5. The number of hydrogen-bond acceptors (Lipinski definition) is 4. The van der Waals surface area contributed by atoms with Crippen LogP contribution in [-0.4, -0.2) is 35.4 Å². The third-order valence-corrected chi connectivity index (χ3v) is 5.14. The summed E-state index contributed by atoms with van der Waals surface area (Å²) in [6.07, 6.45) is 2.20. The van der Waals surface area contributed by atoms with Gasteiger partial charge in [-0.3, -0.25) is 19.8 Å². The number of carbonyl (C=O) groups is 1. The number of benzene rings is 2. The van der Waals surface area contributed by atoms with Crippen LogP contribution in [0, 0.1) is 10.1 Å². The molecular formula is C19H19Cl2N3O3. The first kappa shape index (κ1) is 19.6. The Morgan fingerprint density at radius 2 is 1.85 bits per heavy atom. The Balaban J connectivity index is 1.80. The number of amides is 1. The summed E-state index contributed by atoms with van der Waals surface area (Å²) in [6, 6.07) is 11.5. The van der Waals surface area contributed by atoms with Gasteiger partial charge in [0.15, 0.2) is 0 Å². The molecule has 1 unspecified atom stereocenters. The molecule has 8 heteroatoms. The predicted molar refractivity (Wildman–Crippen MR) is 105 cm³/mol. The SMILES string of the molecule is O=C(NCC(c1cccc(Cl)c1)N1CCCC1)c1cc(Cl)ccc1[N+](=O)[O-]. The summed E-state index contributed by atoms with van der Waals surface area (Å²) in [6.45, 7) is 2.19. The van der Waals surface area contributed by atoms with Crippen molar-refractivity contribution < 1.29 is 9.72 Å². The van der Waals surface area contributed by atoms with Crippen LogP contribution < -0.4 is 5.32 Å². The van der Waals surface area contributed by atoms with Gasteiger partial charge in [-0.05, 0) is 55.8 Å². The highest BCUT2D eigenvalue weighted by Gasteiger charge is 2.26. The lowest BCUT2D eigenvalue weighted by molar-refractivity contribution is -0.385. The molecule has 1 amide bonds. The molecule has 2 aromatic rings. The Morgan fingerprint density at radius 3 is 2.52 bits per heavy atom. The van der Waals surface area contributed by atoms with Gasteiger partial charge in [-0.15, -0.1) is 0 Å². The summed E-state index contributed by atoms with van der Waals surface area (Å²) in [4.78, 5) is 25.5. The molecule has 1 aliphatic heterocycles. The number of halogens is 2. The van der Waals surface area contributed by atoms with E-state index in [1.54, 1.807) is 6.07 Å². The maximum atomic E-state index is 12.6. The second-order valence-electron chi connectivity index (χ2n) is 6.44. The Morgan fingerprint density at radius 1 is 1.15 bits per heavy atom. The molecule has 6 nitrogen and oxygen atoms in total. The third-order valence-electron chi connectivity index (χ3n) is 4.67. The highest BCUT2D eigenvalue weighted by molar-refractivity contribution is 6.31. The van der Waals surface area contributed by atoms with E-state index in [1.165, 1.54) is 18.2 Å². The van der Waals surface area contributed by atoms with Crippen molar-refractivity contribution >= 4 is 34.8 Å². The van der Waals surface area contributed by atoms with Crippen molar-refractivity contribution in [3.05, 3.63) is 73.8 Å². The van der Waals surface area contributed by atoms with Gasteiger partial charge >= 0.3 is 0 Å². The minimum absolute atomic E-state index is 0.0428. The highest BCUT2D eigenvalue weighted by Crippen LogP contribution is 2.27. The number of rotatable bonds is 6. The lowest BCUT2D eigenvalue weighted by atomic mass is 10.0. The van der Waals surface area contributed by atoms with Gasteiger partial charge in [0.2, 0.25) is 0 Å². The Bertz CT molecular complexity index is 854. The van der Waals surface area contributed by atoms with Crippen LogP contribution in [0.25, 0.3) is 0 Å². The molecule has 1 atom stereocenters. The molecule has 0 spiro atoms. The summed E-state index contributed by atoms with van der Waals surface area (Å²) < 4.78 is 0. The highest BCUT2D eigenvalue weighted by atomic mass is 35.5. The number of likely N-dealkylation sites (tertiary alicyclic amines) is 1.